The second-order valence-electron chi connectivity index (χ2n) is 7.99. The molecule has 1 amide bonds. The molecule has 1 N–H and O–H groups in total. The van der Waals surface area contributed by atoms with Gasteiger partial charge in [0.1, 0.15) is 5.65 Å². The molecule has 1 aliphatic rings. The summed E-state index contributed by atoms with van der Waals surface area (Å²) in [5.74, 6) is -0.578. The molecular formula is C22H25N5O4. The summed E-state index contributed by atoms with van der Waals surface area (Å²) in [6.07, 6.45) is 2.45. The Bertz CT molecular complexity index is 1340. The number of pyridine rings is 1. The van der Waals surface area contributed by atoms with Crippen LogP contribution in [0.3, 0.4) is 0 Å². The molecule has 1 saturated heterocycles. The van der Waals surface area contributed by atoms with Gasteiger partial charge >= 0.3 is 5.69 Å². The van der Waals surface area contributed by atoms with Gasteiger partial charge in [-0.2, -0.15) is 0 Å². The van der Waals surface area contributed by atoms with Crippen molar-refractivity contribution in [3.8, 4) is 0 Å². The predicted octanol–water partition coefficient (Wildman–Crippen LogP) is 0.784. The first-order chi connectivity index (χ1) is 14.8. The van der Waals surface area contributed by atoms with Gasteiger partial charge in [0, 0.05) is 39.4 Å². The number of fused-ring (bicyclic) bond motifs is 1. The Balaban J connectivity index is 1.70. The van der Waals surface area contributed by atoms with Crippen LogP contribution in [0.2, 0.25) is 0 Å². The number of likely N-dealkylation sites (tertiary alicyclic amines) is 1. The monoisotopic (exact) mass is 423 g/mol. The number of rotatable bonds is 4. The minimum atomic E-state index is -0.625. The molecule has 162 valence electrons. The highest BCUT2D eigenvalue weighted by Gasteiger charge is 2.21. The summed E-state index contributed by atoms with van der Waals surface area (Å²) in [6.45, 7) is 3.08. The van der Waals surface area contributed by atoms with Crippen LogP contribution in [0, 0.1) is 0 Å². The minimum absolute atomic E-state index is 0.0230. The normalized spacial score (nSPS) is 14.3. The third-order valence-corrected chi connectivity index (χ3v) is 5.88. The number of hydrogen-bond donors (Lipinski definition) is 1. The molecular weight excluding hydrogens is 398 g/mol. The molecule has 9 heteroatoms. The molecule has 0 atom stereocenters. The van der Waals surface area contributed by atoms with E-state index in [1.54, 1.807) is 12.1 Å². The molecule has 4 rings (SSSR count). The average Bonchev–Trinajstić information content (AvgIpc) is 3.26. The predicted molar refractivity (Wildman–Crippen MR) is 119 cm³/mol. The van der Waals surface area contributed by atoms with Gasteiger partial charge in [0.25, 0.3) is 17.0 Å². The average molecular weight is 423 g/mol. The SMILES string of the molecule is Cn1c(=O)c2c(C(=O)Nc3ccc(CN4CCCC4)cc3)cc(=O)n(C)c2n(C)c1=O. The van der Waals surface area contributed by atoms with Crippen LogP contribution in [-0.2, 0) is 27.7 Å². The van der Waals surface area contributed by atoms with E-state index in [4.69, 9.17) is 0 Å². The van der Waals surface area contributed by atoms with Crippen molar-refractivity contribution < 1.29 is 4.79 Å². The Labute approximate surface area is 178 Å². The summed E-state index contributed by atoms with van der Waals surface area (Å²) >= 11 is 0. The van der Waals surface area contributed by atoms with Crippen molar-refractivity contribution in [2.75, 3.05) is 18.4 Å². The molecule has 31 heavy (non-hydrogen) atoms. The third kappa shape index (κ3) is 3.72. The second kappa shape index (κ2) is 7.99. The zero-order valence-electron chi connectivity index (χ0n) is 17.8. The van der Waals surface area contributed by atoms with Crippen molar-refractivity contribution in [1.82, 2.24) is 18.6 Å². The molecule has 1 aliphatic heterocycles. The molecule has 1 aromatic carbocycles. The van der Waals surface area contributed by atoms with Crippen molar-refractivity contribution >= 4 is 22.6 Å². The Morgan fingerprint density at radius 1 is 0.935 bits per heavy atom. The van der Waals surface area contributed by atoms with E-state index < -0.39 is 22.7 Å². The van der Waals surface area contributed by atoms with Crippen molar-refractivity contribution in [3.63, 3.8) is 0 Å². The zero-order valence-corrected chi connectivity index (χ0v) is 17.8. The van der Waals surface area contributed by atoms with Crippen LogP contribution < -0.4 is 22.1 Å². The summed E-state index contributed by atoms with van der Waals surface area (Å²) in [4.78, 5) is 52.9. The van der Waals surface area contributed by atoms with E-state index in [2.05, 4.69) is 10.2 Å². The van der Waals surface area contributed by atoms with E-state index >= 15 is 0 Å². The summed E-state index contributed by atoms with van der Waals surface area (Å²) < 4.78 is 3.32. The first-order valence-corrected chi connectivity index (χ1v) is 10.2. The number of aryl methyl sites for hydroxylation is 2. The molecule has 0 unspecified atom stereocenters. The maximum atomic E-state index is 13.0. The van der Waals surface area contributed by atoms with E-state index in [9.17, 15) is 19.2 Å². The van der Waals surface area contributed by atoms with Gasteiger partial charge < -0.3 is 5.32 Å². The smallest absolute Gasteiger partial charge is 0.322 e. The van der Waals surface area contributed by atoms with Crippen LogP contribution in [0.4, 0.5) is 5.69 Å². The number of hydrogen-bond acceptors (Lipinski definition) is 5. The molecule has 0 spiro atoms. The minimum Gasteiger partial charge on any atom is -0.322 e. The first-order valence-electron chi connectivity index (χ1n) is 10.2. The van der Waals surface area contributed by atoms with E-state index in [1.165, 1.54) is 43.1 Å². The van der Waals surface area contributed by atoms with E-state index in [-0.39, 0.29) is 16.6 Å². The van der Waals surface area contributed by atoms with Gasteiger partial charge in [-0.25, -0.2) is 4.79 Å². The Morgan fingerprint density at radius 2 is 1.58 bits per heavy atom. The van der Waals surface area contributed by atoms with Gasteiger partial charge in [-0.05, 0) is 43.6 Å². The van der Waals surface area contributed by atoms with Crippen molar-refractivity contribution in [1.29, 1.82) is 0 Å². The van der Waals surface area contributed by atoms with Gasteiger partial charge in [0.15, 0.2) is 0 Å². The summed E-state index contributed by atoms with van der Waals surface area (Å²) in [6, 6.07) is 8.66. The standard InChI is InChI=1S/C22H25N5O4/c1-24-17(28)12-16(18-20(24)25(2)22(31)26(3)21(18)30)19(29)23-15-8-6-14(7-9-15)13-27-10-4-5-11-27/h6-9,12H,4-5,10-11,13H2,1-3H3,(H,23,29). The quantitative estimate of drug-likeness (QED) is 0.669. The molecule has 1 fully saturated rings. The number of nitrogens with zero attached hydrogens (tertiary/aromatic N) is 4. The lowest BCUT2D eigenvalue weighted by Crippen LogP contribution is -2.40. The van der Waals surface area contributed by atoms with Crippen LogP contribution in [0.25, 0.3) is 11.0 Å². The number of amides is 1. The van der Waals surface area contributed by atoms with Crippen LogP contribution in [0.15, 0.2) is 44.7 Å². The molecule has 0 radical (unpaired) electrons. The number of carbonyl (C=O) groups excluding carboxylic acids is 1. The lowest BCUT2D eigenvalue weighted by atomic mass is 10.1. The highest BCUT2D eigenvalue weighted by Crippen LogP contribution is 2.17. The van der Waals surface area contributed by atoms with Gasteiger partial charge in [-0.15, -0.1) is 0 Å². The fraction of sp³-hybridized carbons (Fsp3) is 0.364. The molecule has 3 heterocycles. The summed E-state index contributed by atoms with van der Waals surface area (Å²) in [5.41, 5.74) is 0.0796. The van der Waals surface area contributed by atoms with Gasteiger partial charge in [0.2, 0.25) is 0 Å². The van der Waals surface area contributed by atoms with Crippen LogP contribution in [0.1, 0.15) is 28.8 Å². The third-order valence-electron chi connectivity index (χ3n) is 5.88. The van der Waals surface area contributed by atoms with Gasteiger partial charge in [-0.3, -0.25) is 33.0 Å². The number of benzene rings is 1. The molecule has 0 saturated carbocycles. The number of carbonyl (C=O) groups is 1. The van der Waals surface area contributed by atoms with Crippen molar-refractivity contribution in [2.24, 2.45) is 21.1 Å². The molecule has 0 bridgehead atoms. The van der Waals surface area contributed by atoms with Gasteiger partial charge in [0.05, 0.1) is 10.9 Å². The fourth-order valence-electron chi connectivity index (χ4n) is 4.13. The molecule has 2 aromatic heterocycles. The van der Waals surface area contributed by atoms with E-state index in [1.807, 2.05) is 12.1 Å². The maximum Gasteiger partial charge on any atom is 0.332 e. The van der Waals surface area contributed by atoms with Crippen LogP contribution in [-0.4, -0.2) is 37.6 Å². The number of anilines is 1. The topological polar surface area (TPSA) is 98.3 Å². The Morgan fingerprint density at radius 3 is 2.23 bits per heavy atom. The Hall–Kier alpha value is -3.46. The lowest BCUT2D eigenvalue weighted by molar-refractivity contribution is 0.102. The number of aromatic nitrogens is 3. The van der Waals surface area contributed by atoms with E-state index in [0.29, 0.717) is 5.69 Å². The van der Waals surface area contributed by atoms with Crippen molar-refractivity contribution in [3.05, 3.63) is 72.7 Å². The number of nitrogens with one attached hydrogen (secondary N) is 1. The van der Waals surface area contributed by atoms with E-state index in [0.717, 1.165) is 35.8 Å². The first kappa shape index (κ1) is 20.8. The van der Waals surface area contributed by atoms with Gasteiger partial charge in [-0.1, -0.05) is 12.1 Å². The maximum absolute atomic E-state index is 13.0. The molecule has 9 nitrogen and oxygen atoms in total. The molecule has 3 aromatic rings. The van der Waals surface area contributed by atoms with Crippen LogP contribution >= 0.6 is 0 Å². The van der Waals surface area contributed by atoms with Crippen molar-refractivity contribution in [2.45, 2.75) is 19.4 Å². The highest BCUT2D eigenvalue weighted by molar-refractivity contribution is 6.11. The summed E-state index contributed by atoms with van der Waals surface area (Å²) in [7, 11) is 4.27. The lowest BCUT2D eigenvalue weighted by Gasteiger charge is -2.15. The van der Waals surface area contributed by atoms with Crippen LogP contribution in [0.5, 0.6) is 0 Å². The highest BCUT2D eigenvalue weighted by atomic mass is 16.2. The molecule has 0 aliphatic carbocycles. The largest absolute Gasteiger partial charge is 0.332 e. The Kier molecular flexibility index (Phi) is 5.36. The summed E-state index contributed by atoms with van der Waals surface area (Å²) in [5, 5.41) is 2.79. The second-order valence-corrected chi connectivity index (χ2v) is 7.99. The fourth-order valence-corrected chi connectivity index (χ4v) is 4.13. The zero-order chi connectivity index (χ0) is 22.3.